The SMILES string of the molecule is Cc1ccc(C)c2[nH]c(=O)c([C@@H](c3nnnn3CCc3ccccc3)N3CCc4ccccc43)cc12. The molecule has 6 rings (SSSR count). The Kier molecular flexibility index (Phi) is 5.60. The minimum absolute atomic E-state index is 0.108. The van der Waals surface area contributed by atoms with Crippen molar-refractivity contribution in [3.8, 4) is 0 Å². The number of aromatic amines is 1. The van der Waals surface area contributed by atoms with Crippen LogP contribution in [0.5, 0.6) is 0 Å². The van der Waals surface area contributed by atoms with Crippen molar-refractivity contribution < 1.29 is 0 Å². The van der Waals surface area contributed by atoms with Gasteiger partial charge in [-0.3, -0.25) is 4.79 Å². The predicted molar refractivity (Wildman–Crippen MR) is 141 cm³/mol. The Bertz CT molecular complexity index is 1600. The van der Waals surface area contributed by atoms with E-state index in [0.717, 1.165) is 47.1 Å². The fourth-order valence-corrected chi connectivity index (χ4v) is 5.32. The Morgan fingerprint density at radius 1 is 0.972 bits per heavy atom. The molecule has 1 atom stereocenters. The molecular weight excluding hydrogens is 448 g/mol. The van der Waals surface area contributed by atoms with Crippen LogP contribution in [0, 0.1) is 13.8 Å². The van der Waals surface area contributed by atoms with Crippen molar-refractivity contribution in [1.82, 2.24) is 25.2 Å². The van der Waals surface area contributed by atoms with Gasteiger partial charge in [-0.1, -0.05) is 60.7 Å². The first-order valence-electron chi connectivity index (χ1n) is 12.4. The summed E-state index contributed by atoms with van der Waals surface area (Å²) in [5.74, 6) is 0.679. The van der Waals surface area contributed by atoms with E-state index < -0.39 is 6.04 Å². The molecule has 0 bridgehead atoms. The van der Waals surface area contributed by atoms with Crippen LogP contribution in [0.15, 0.2) is 77.6 Å². The quantitative estimate of drug-likeness (QED) is 0.390. The first-order chi connectivity index (χ1) is 17.6. The number of hydrogen-bond donors (Lipinski definition) is 1. The largest absolute Gasteiger partial charge is 0.357 e. The van der Waals surface area contributed by atoms with Gasteiger partial charge in [-0.25, -0.2) is 4.68 Å². The van der Waals surface area contributed by atoms with Gasteiger partial charge in [-0.15, -0.1) is 5.10 Å². The molecule has 180 valence electrons. The number of para-hydroxylation sites is 1. The number of H-pyrrole nitrogens is 1. The molecule has 0 saturated heterocycles. The van der Waals surface area contributed by atoms with E-state index in [1.807, 2.05) is 48.0 Å². The molecule has 1 aliphatic rings. The molecule has 1 aliphatic heterocycles. The minimum atomic E-state index is -0.410. The highest BCUT2D eigenvalue weighted by Gasteiger charge is 2.34. The van der Waals surface area contributed by atoms with E-state index in [1.165, 1.54) is 11.1 Å². The second-order valence-electron chi connectivity index (χ2n) is 9.51. The second-order valence-corrected chi connectivity index (χ2v) is 9.51. The standard InChI is InChI=1S/C29H28N6O/c1-19-12-13-20(2)26-23(19)18-24(29(36)30-26)27(34-16-15-22-10-6-7-11-25(22)34)28-31-32-33-35(28)17-14-21-8-4-3-5-9-21/h3-13,18,27H,14-17H2,1-2H3,(H,30,36)/t27-/m0/s1. The third-order valence-corrected chi connectivity index (χ3v) is 7.26. The summed E-state index contributed by atoms with van der Waals surface area (Å²) in [6.45, 7) is 5.52. The molecule has 0 radical (unpaired) electrons. The maximum absolute atomic E-state index is 13.6. The number of nitrogens with zero attached hydrogens (tertiary/aromatic N) is 5. The zero-order valence-electron chi connectivity index (χ0n) is 20.5. The lowest BCUT2D eigenvalue weighted by molar-refractivity contribution is 0.538. The lowest BCUT2D eigenvalue weighted by Gasteiger charge is -2.29. The monoisotopic (exact) mass is 476 g/mol. The summed E-state index contributed by atoms with van der Waals surface area (Å²) in [6.07, 6.45) is 1.72. The van der Waals surface area contributed by atoms with Gasteiger partial charge in [0.25, 0.3) is 5.56 Å². The number of nitrogens with one attached hydrogen (secondary N) is 1. The number of anilines is 1. The molecule has 0 aliphatic carbocycles. The molecule has 3 aromatic carbocycles. The molecule has 7 heteroatoms. The van der Waals surface area contributed by atoms with Gasteiger partial charge in [0, 0.05) is 29.7 Å². The molecule has 5 aromatic rings. The third kappa shape index (κ3) is 3.86. The number of aryl methyl sites for hydroxylation is 4. The van der Waals surface area contributed by atoms with E-state index >= 15 is 0 Å². The molecule has 0 spiro atoms. The van der Waals surface area contributed by atoms with Gasteiger partial charge in [0.2, 0.25) is 0 Å². The van der Waals surface area contributed by atoms with Crippen molar-refractivity contribution in [3.63, 3.8) is 0 Å². The van der Waals surface area contributed by atoms with Crippen molar-refractivity contribution in [2.45, 2.75) is 39.3 Å². The van der Waals surface area contributed by atoms with Crippen LogP contribution >= 0.6 is 0 Å². The summed E-state index contributed by atoms with van der Waals surface area (Å²) in [7, 11) is 0. The van der Waals surface area contributed by atoms with E-state index in [2.05, 4.69) is 68.7 Å². The van der Waals surface area contributed by atoms with Crippen molar-refractivity contribution in [2.75, 3.05) is 11.4 Å². The summed E-state index contributed by atoms with van der Waals surface area (Å²) in [5, 5.41) is 13.9. The Morgan fingerprint density at radius 2 is 1.75 bits per heavy atom. The first-order valence-corrected chi connectivity index (χ1v) is 12.4. The summed E-state index contributed by atoms with van der Waals surface area (Å²) >= 11 is 0. The van der Waals surface area contributed by atoms with Crippen LogP contribution in [0.2, 0.25) is 0 Å². The number of benzene rings is 3. The Hall–Kier alpha value is -4.26. The minimum Gasteiger partial charge on any atom is -0.357 e. The molecular formula is C29H28N6O. The average molecular weight is 477 g/mol. The van der Waals surface area contributed by atoms with Crippen LogP contribution in [-0.4, -0.2) is 31.7 Å². The van der Waals surface area contributed by atoms with E-state index in [-0.39, 0.29) is 5.56 Å². The second kappa shape index (κ2) is 9.07. The number of aromatic nitrogens is 5. The average Bonchev–Trinajstić information content (AvgIpc) is 3.54. The number of pyridine rings is 1. The van der Waals surface area contributed by atoms with Crippen LogP contribution in [0.3, 0.4) is 0 Å². The highest BCUT2D eigenvalue weighted by molar-refractivity contribution is 5.85. The Labute approximate surface area is 209 Å². The summed E-state index contributed by atoms with van der Waals surface area (Å²) in [6, 6.07) is 24.5. The van der Waals surface area contributed by atoms with E-state index in [4.69, 9.17) is 0 Å². The fourth-order valence-electron chi connectivity index (χ4n) is 5.32. The normalized spacial score (nSPS) is 13.8. The molecule has 0 unspecified atom stereocenters. The summed E-state index contributed by atoms with van der Waals surface area (Å²) < 4.78 is 1.85. The van der Waals surface area contributed by atoms with Crippen molar-refractivity contribution in [2.24, 2.45) is 0 Å². The topological polar surface area (TPSA) is 79.7 Å². The van der Waals surface area contributed by atoms with E-state index in [9.17, 15) is 4.79 Å². The zero-order valence-corrected chi connectivity index (χ0v) is 20.5. The Balaban J connectivity index is 1.50. The van der Waals surface area contributed by atoms with Crippen molar-refractivity contribution >= 4 is 16.6 Å². The maximum atomic E-state index is 13.6. The van der Waals surface area contributed by atoms with E-state index in [0.29, 0.717) is 17.9 Å². The van der Waals surface area contributed by atoms with Crippen LogP contribution in [-0.2, 0) is 19.4 Å². The lowest BCUT2D eigenvalue weighted by atomic mass is 9.99. The third-order valence-electron chi connectivity index (χ3n) is 7.26. The summed E-state index contributed by atoms with van der Waals surface area (Å²) in [5.41, 5.74) is 7.22. The molecule has 0 fully saturated rings. The predicted octanol–water partition coefficient (Wildman–Crippen LogP) is 4.53. The van der Waals surface area contributed by atoms with Gasteiger partial charge in [0.1, 0.15) is 6.04 Å². The smallest absolute Gasteiger partial charge is 0.254 e. The van der Waals surface area contributed by atoms with E-state index in [1.54, 1.807) is 0 Å². The highest BCUT2D eigenvalue weighted by atomic mass is 16.1. The molecule has 2 aromatic heterocycles. The summed E-state index contributed by atoms with van der Waals surface area (Å²) in [4.78, 5) is 19.1. The molecule has 7 nitrogen and oxygen atoms in total. The molecule has 0 saturated carbocycles. The zero-order chi connectivity index (χ0) is 24.6. The maximum Gasteiger partial charge on any atom is 0.254 e. The van der Waals surface area contributed by atoms with Gasteiger partial charge >= 0.3 is 0 Å². The molecule has 3 heterocycles. The van der Waals surface area contributed by atoms with Gasteiger partial charge in [0.15, 0.2) is 5.82 Å². The lowest BCUT2D eigenvalue weighted by Crippen LogP contribution is -2.34. The number of rotatable bonds is 6. The van der Waals surface area contributed by atoms with Crippen LogP contribution in [0.4, 0.5) is 5.69 Å². The van der Waals surface area contributed by atoms with Crippen LogP contribution in [0.1, 0.15) is 39.7 Å². The molecule has 36 heavy (non-hydrogen) atoms. The number of fused-ring (bicyclic) bond motifs is 2. The number of tetrazole rings is 1. The molecule has 1 N–H and O–H groups in total. The van der Waals surface area contributed by atoms with Crippen LogP contribution in [0.25, 0.3) is 10.9 Å². The van der Waals surface area contributed by atoms with Gasteiger partial charge in [-0.05, 0) is 71.5 Å². The van der Waals surface area contributed by atoms with Crippen molar-refractivity contribution in [3.05, 3.63) is 117 Å². The fraction of sp³-hybridized carbons (Fsp3) is 0.241. The molecule has 0 amide bonds. The first kappa shape index (κ1) is 22.2. The van der Waals surface area contributed by atoms with Crippen LogP contribution < -0.4 is 10.5 Å². The van der Waals surface area contributed by atoms with Gasteiger partial charge in [-0.2, -0.15) is 0 Å². The number of hydrogen-bond acceptors (Lipinski definition) is 5. The van der Waals surface area contributed by atoms with Gasteiger partial charge < -0.3 is 9.88 Å². The van der Waals surface area contributed by atoms with Crippen molar-refractivity contribution in [1.29, 1.82) is 0 Å². The highest BCUT2D eigenvalue weighted by Crippen LogP contribution is 2.37. The van der Waals surface area contributed by atoms with Gasteiger partial charge in [0.05, 0.1) is 5.52 Å². The Morgan fingerprint density at radius 3 is 2.61 bits per heavy atom.